The summed E-state index contributed by atoms with van der Waals surface area (Å²) in [4.78, 5) is 22.9. The monoisotopic (exact) mass is 384 g/mol. The van der Waals surface area contributed by atoms with Gasteiger partial charge in [-0.15, -0.1) is 0 Å². The number of amides is 1. The molecule has 2 aromatic carbocycles. The van der Waals surface area contributed by atoms with Crippen molar-refractivity contribution in [2.45, 2.75) is 12.6 Å². The highest BCUT2D eigenvalue weighted by atomic mass is 19.4. The molecule has 0 unspecified atom stereocenters. The Hall–Kier alpha value is -3.42. The zero-order chi connectivity index (χ0) is 19.7. The average Bonchev–Trinajstić information content (AvgIpc) is 3.12. The predicted molar refractivity (Wildman–Crippen MR) is 98.6 cm³/mol. The number of benzene rings is 2. The summed E-state index contributed by atoms with van der Waals surface area (Å²) < 4.78 is 38.5. The largest absolute Gasteiger partial charge is 0.416 e. The number of hydrogen-bond acceptors (Lipinski definition) is 4. The standard InChI is InChI=1S/C20H15F3N4O/c21-20(22,23)14-5-3-6-15(12-14)25-18(28)16-8-10-24-19(26-16)27-11-9-13-4-1-2-7-17(13)27/h1-8,10,12H,9,11H2,(H,25,28). The third-order valence-electron chi connectivity index (χ3n) is 4.45. The maximum atomic E-state index is 12.8. The molecule has 142 valence electrons. The lowest BCUT2D eigenvalue weighted by Gasteiger charge is -2.17. The van der Waals surface area contributed by atoms with E-state index in [0.29, 0.717) is 12.5 Å². The number of aromatic nitrogens is 2. The maximum absolute atomic E-state index is 12.8. The molecule has 1 N–H and O–H groups in total. The van der Waals surface area contributed by atoms with E-state index < -0.39 is 17.6 Å². The summed E-state index contributed by atoms with van der Waals surface area (Å²) in [7, 11) is 0. The van der Waals surface area contributed by atoms with Crippen molar-refractivity contribution < 1.29 is 18.0 Å². The number of carbonyl (C=O) groups is 1. The number of alkyl halides is 3. The van der Waals surface area contributed by atoms with Gasteiger partial charge >= 0.3 is 6.18 Å². The molecule has 2 heterocycles. The molecule has 0 atom stereocenters. The molecule has 8 heteroatoms. The molecular weight excluding hydrogens is 369 g/mol. The molecule has 3 aromatic rings. The first kappa shape index (κ1) is 18.0. The Labute approximate surface area is 158 Å². The van der Waals surface area contributed by atoms with Crippen LogP contribution in [0.2, 0.25) is 0 Å². The van der Waals surface area contributed by atoms with Gasteiger partial charge < -0.3 is 10.2 Å². The number of anilines is 3. The summed E-state index contributed by atoms with van der Waals surface area (Å²) in [5.41, 5.74) is 1.45. The molecule has 1 aliphatic heterocycles. The number of rotatable bonds is 3. The minimum absolute atomic E-state index is 0.0477. The molecule has 1 aromatic heterocycles. The van der Waals surface area contributed by atoms with Gasteiger partial charge in [-0.25, -0.2) is 9.97 Å². The van der Waals surface area contributed by atoms with Crippen LogP contribution in [0.3, 0.4) is 0 Å². The molecule has 1 amide bonds. The number of fused-ring (bicyclic) bond motifs is 1. The average molecular weight is 384 g/mol. The van der Waals surface area contributed by atoms with Crippen molar-refractivity contribution in [3.63, 3.8) is 0 Å². The van der Waals surface area contributed by atoms with E-state index in [-0.39, 0.29) is 11.4 Å². The lowest BCUT2D eigenvalue weighted by Crippen LogP contribution is -2.20. The third-order valence-corrected chi connectivity index (χ3v) is 4.45. The Kier molecular flexibility index (Phi) is 4.46. The molecule has 0 spiro atoms. The Morgan fingerprint density at radius 3 is 2.71 bits per heavy atom. The van der Waals surface area contributed by atoms with Crippen molar-refractivity contribution in [1.82, 2.24) is 9.97 Å². The van der Waals surface area contributed by atoms with Crippen LogP contribution in [0.4, 0.5) is 30.5 Å². The van der Waals surface area contributed by atoms with Crippen LogP contribution in [0.15, 0.2) is 60.8 Å². The molecule has 1 aliphatic rings. The minimum Gasteiger partial charge on any atom is -0.321 e. The van der Waals surface area contributed by atoms with E-state index in [9.17, 15) is 18.0 Å². The van der Waals surface area contributed by atoms with Crippen LogP contribution in [0.5, 0.6) is 0 Å². The van der Waals surface area contributed by atoms with Gasteiger partial charge in [-0.3, -0.25) is 4.79 Å². The molecule has 0 saturated heterocycles. The Balaban J connectivity index is 1.56. The summed E-state index contributed by atoms with van der Waals surface area (Å²) in [6.45, 7) is 0.693. The zero-order valence-electron chi connectivity index (χ0n) is 14.6. The number of para-hydroxylation sites is 1. The predicted octanol–water partition coefficient (Wildman–Crippen LogP) is 4.44. The third kappa shape index (κ3) is 3.53. The van der Waals surface area contributed by atoms with Crippen LogP contribution in [0.1, 0.15) is 21.6 Å². The molecule has 0 saturated carbocycles. The fourth-order valence-corrected chi connectivity index (χ4v) is 3.12. The molecule has 0 bridgehead atoms. The second kappa shape index (κ2) is 6.95. The normalized spacial score (nSPS) is 13.3. The fourth-order valence-electron chi connectivity index (χ4n) is 3.12. The SMILES string of the molecule is O=C(Nc1cccc(C(F)(F)F)c1)c1ccnc(N2CCc3ccccc32)n1. The van der Waals surface area contributed by atoms with Gasteiger partial charge in [-0.05, 0) is 42.3 Å². The second-order valence-electron chi connectivity index (χ2n) is 6.30. The van der Waals surface area contributed by atoms with Gasteiger partial charge in [-0.1, -0.05) is 24.3 Å². The lowest BCUT2D eigenvalue weighted by atomic mass is 10.2. The zero-order valence-corrected chi connectivity index (χ0v) is 14.6. The lowest BCUT2D eigenvalue weighted by molar-refractivity contribution is -0.137. The fraction of sp³-hybridized carbons (Fsp3) is 0.150. The molecule has 0 fully saturated rings. The number of nitrogens with one attached hydrogen (secondary N) is 1. The molecule has 5 nitrogen and oxygen atoms in total. The van der Waals surface area contributed by atoms with Crippen molar-refractivity contribution in [3.05, 3.63) is 77.6 Å². The topological polar surface area (TPSA) is 58.1 Å². The van der Waals surface area contributed by atoms with E-state index in [1.165, 1.54) is 30.0 Å². The summed E-state index contributed by atoms with van der Waals surface area (Å²) in [6, 6.07) is 13.8. The Morgan fingerprint density at radius 1 is 1.07 bits per heavy atom. The van der Waals surface area contributed by atoms with Gasteiger partial charge in [0, 0.05) is 24.1 Å². The molecular formula is C20H15F3N4O. The van der Waals surface area contributed by atoms with Crippen LogP contribution in [-0.4, -0.2) is 22.4 Å². The first-order chi connectivity index (χ1) is 13.4. The first-order valence-electron chi connectivity index (χ1n) is 8.59. The van der Waals surface area contributed by atoms with E-state index >= 15 is 0 Å². The summed E-state index contributed by atoms with van der Waals surface area (Å²) in [6.07, 6.45) is -2.17. The molecule has 28 heavy (non-hydrogen) atoms. The number of nitrogens with zero attached hydrogens (tertiary/aromatic N) is 3. The van der Waals surface area contributed by atoms with Crippen LogP contribution < -0.4 is 10.2 Å². The first-order valence-corrected chi connectivity index (χ1v) is 8.59. The number of halogens is 3. The van der Waals surface area contributed by atoms with Gasteiger partial charge in [0.1, 0.15) is 5.69 Å². The van der Waals surface area contributed by atoms with E-state index in [1.54, 1.807) is 0 Å². The van der Waals surface area contributed by atoms with Crippen molar-refractivity contribution in [3.8, 4) is 0 Å². The van der Waals surface area contributed by atoms with Gasteiger partial charge in [0.05, 0.1) is 5.56 Å². The van der Waals surface area contributed by atoms with Gasteiger partial charge in [0.25, 0.3) is 5.91 Å². The van der Waals surface area contributed by atoms with E-state index in [4.69, 9.17) is 0 Å². The van der Waals surface area contributed by atoms with Crippen molar-refractivity contribution in [1.29, 1.82) is 0 Å². The van der Waals surface area contributed by atoms with Gasteiger partial charge in [0.15, 0.2) is 0 Å². The Bertz CT molecular complexity index is 1040. The Morgan fingerprint density at radius 2 is 1.89 bits per heavy atom. The minimum atomic E-state index is -4.48. The number of carbonyl (C=O) groups excluding carboxylic acids is 1. The number of hydrogen-bond donors (Lipinski definition) is 1. The van der Waals surface area contributed by atoms with Crippen LogP contribution in [-0.2, 0) is 12.6 Å². The van der Waals surface area contributed by atoms with Crippen molar-refractivity contribution in [2.24, 2.45) is 0 Å². The highest BCUT2D eigenvalue weighted by Gasteiger charge is 2.30. The highest BCUT2D eigenvalue weighted by molar-refractivity contribution is 6.03. The molecule has 0 aliphatic carbocycles. The second-order valence-corrected chi connectivity index (χ2v) is 6.30. The molecule has 0 radical (unpaired) electrons. The highest BCUT2D eigenvalue weighted by Crippen LogP contribution is 2.32. The van der Waals surface area contributed by atoms with Gasteiger partial charge in [-0.2, -0.15) is 13.2 Å². The van der Waals surface area contributed by atoms with E-state index in [0.717, 1.165) is 24.2 Å². The van der Waals surface area contributed by atoms with Crippen molar-refractivity contribution in [2.75, 3.05) is 16.8 Å². The summed E-state index contributed by atoms with van der Waals surface area (Å²) >= 11 is 0. The van der Waals surface area contributed by atoms with E-state index in [1.807, 2.05) is 29.2 Å². The van der Waals surface area contributed by atoms with E-state index in [2.05, 4.69) is 15.3 Å². The smallest absolute Gasteiger partial charge is 0.321 e. The summed E-state index contributed by atoms with van der Waals surface area (Å²) in [5, 5.41) is 2.46. The van der Waals surface area contributed by atoms with Crippen LogP contribution >= 0.6 is 0 Å². The summed E-state index contributed by atoms with van der Waals surface area (Å²) in [5.74, 6) is -0.225. The molecule has 4 rings (SSSR count). The van der Waals surface area contributed by atoms with Crippen molar-refractivity contribution >= 4 is 23.2 Å². The van der Waals surface area contributed by atoms with Crippen LogP contribution in [0.25, 0.3) is 0 Å². The maximum Gasteiger partial charge on any atom is 0.416 e. The van der Waals surface area contributed by atoms with Gasteiger partial charge in [0.2, 0.25) is 5.95 Å². The van der Waals surface area contributed by atoms with Crippen LogP contribution in [0, 0.1) is 0 Å². The quantitative estimate of drug-likeness (QED) is 0.725.